The van der Waals surface area contributed by atoms with E-state index in [1.165, 1.54) is 31.9 Å². The fraction of sp³-hybridized carbons (Fsp3) is 0.407. The van der Waals surface area contributed by atoms with Gasteiger partial charge in [0.1, 0.15) is 0 Å². The largest absolute Gasteiger partial charge is 0.423 e. The SMILES string of the molecule is CN(C)C(=O)C(OC(=O)C(=O)OC(C(=O)N(C)C)N1CC(CCN2CCN(c3ccc4[nH]ccc4c3)CC2)c2ccccc21)N1CC(CCN2CCN(c3ccc4[nH]ccc4c3)CC2)c2ccccc21. The Labute approximate surface area is 409 Å². The molecule has 70 heavy (non-hydrogen) atoms. The number of fused-ring (bicyclic) bond motifs is 4. The number of carbonyl (C=O) groups excluding carboxylic acids is 4. The van der Waals surface area contributed by atoms with Gasteiger partial charge in [0.15, 0.2) is 0 Å². The number of nitrogens with zero attached hydrogens (tertiary/aromatic N) is 8. The number of H-pyrrole nitrogens is 2. The smallest absolute Gasteiger partial charge is 0.419 e. The zero-order chi connectivity index (χ0) is 48.5. The molecule has 4 aromatic carbocycles. The van der Waals surface area contributed by atoms with Crippen molar-refractivity contribution < 1.29 is 28.7 Å². The lowest BCUT2D eigenvalue weighted by Gasteiger charge is -2.36. The summed E-state index contributed by atoms with van der Waals surface area (Å²) in [5.74, 6) is -3.59. The van der Waals surface area contributed by atoms with Gasteiger partial charge in [-0.1, -0.05) is 36.4 Å². The first-order chi connectivity index (χ1) is 34.0. The number of hydrogen-bond acceptors (Lipinski definition) is 12. The molecule has 6 aromatic rings. The fourth-order valence-electron chi connectivity index (χ4n) is 10.8. The van der Waals surface area contributed by atoms with Crippen molar-refractivity contribution in [1.82, 2.24) is 29.6 Å². The third-order valence-corrected chi connectivity index (χ3v) is 14.8. The van der Waals surface area contributed by atoms with Gasteiger partial charge in [-0.05, 0) is 97.7 Å². The molecule has 0 spiro atoms. The standard InChI is InChI=1S/C54H64N10O6/c1-57(2)49(65)51(63-35-39(43-9-5-7-11-47(43)63)19-23-59-25-29-61(30-26-59)41-13-15-45-37(33-41)17-21-55-45)69-53(67)54(68)70-52(50(66)58(3)4)64-36-40(44-10-6-8-12-48(44)64)20-24-60-27-31-62(32-28-60)42-14-16-46-38(34-42)18-22-56-46/h5-18,21-22,33-34,39-40,51-52,55-56H,19-20,23-32,35-36H2,1-4H3. The summed E-state index contributed by atoms with van der Waals surface area (Å²) in [5, 5.41) is 2.41. The molecule has 2 fully saturated rings. The van der Waals surface area contributed by atoms with E-state index in [2.05, 4.69) is 90.2 Å². The van der Waals surface area contributed by atoms with Gasteiger partial charge in [-0.3, -0.25) is 19.4 Å². The van der Waals surface area contributed by atoms with Gasteiger partial charge in [0.25, 0.3) is 24.3 Å². The Balaban J connectivity index is 0.774. The Morgan fingerprint density at radius 3 is 1.34 bits per heavy atom. The molecule has 4 aliphatic rings. The molecule has 2 aromatic heterocycles. The van der Waals surface area contributed by atoms with Crippen LogP contribution < -0.4 is 19.6 Å². The third kappa shape index (κ3) is 9.62. The minimum absolute atomic E-state index is 0.0499. The van der Waals surface area contributed by atoms with Crippen molar-refractivity contribution in [3.63, 3.8) is 0 Å². The molecule has 366 valence electrons. The third-order valence-electron chi connectivity index (χ3n) is 14.8. The molecular weight excluding hydrogens is 885 g/mol. The summed E-state index contributed by atoms with van der Waals surface area (Å²) in [6.07, 6.45) is 2.72. The molecule has 0 saturated carbocycles. The number of amides is 2. The van der Waals surface area contributed by atoms with E-state index in [9.17, 15) is 19.2 Å². The minimum atomic E-state index is -1.44. The van der Waals surface area contributed by atoms with E-state index in [-0.39, 0.29) is 11.8 Å². The van der Waals surface area contributed by atoms with Gasteiger partial charge in [0, 0.05) is 162 Å². The number of anilines is 4. The lowest BCUT2D eigenvalue weighted by Crippen LogP contribution is -2.52. The second-order valence-corrected chi connectivity index (χ2v) is 19.5. The van der Waals surface area contributed by atoms with Crippen LogP contribution in [-0.2, 0) is 28.7 Å². The van der Waals surface area contributed by atoms with E-state index in [0.717, 1.165) is 112 Å². The zero-order valence-corrected chi connectivity index (χ0v) is 40.6. The molecular formula is C54H64N10O6. The monoisotopic (exact) mass is 949 g/mol. The van der Waals surface area contributed by atoms with Gasteiger partial charge < -0.3 is 48.8 Å². The van der Waals surface area contributed by atoms with Gasteiger partial charge in [0.2, 0.25) is 0 Å². The molecule has 2 N–H and O–H groups in total. The summed E-state index contributed by atoms with van der Waals surface area (Å²) in [4.78, 5) is 78.6. The first kappa shape index (κ1) is 46.7. The van der Waals surface area contributed by atoms with Crippen molar-refractivity contribution in [3.05, 3.63) is 121 Å². The van der Waals surface area contributed by atoms with E-state index >= 15 is 0 Å². The van der Waals surface area contributed by atoms with Crippen LogP contribution in [0.2, 0.25) is 0 Å². The number of benzene rings is 4. The fourth-order valence-corrected chi connectivity index (χ4v) is 10.8. The summed E-state index contributed by atoms with van der Waals surface area (Å²) in [7, 11) is 6.37. The average Bonchev–Trinajstić information content (AvgIpc) is 4.21. The molecule has 4 aliphatic heterocycles. The van der Waals surface area contributed by atoms with E-state index in [0.29, 0.717) is 13.1 Å². The number of carbonyl (C=O) groups is 4. The highest BCUT2D eigenvalue weighted by Gasteiger charge is 2.43. The maximum absolute atomic E-state index is 14.0. The van der Waals surface area contributed by atoms with Crippen LogP contribution in [0.4, 0.5) is 22.7 Å². The number of likely N-dealkylation sites (N-methyl/N-ethyl adjacent to an activating group) is 2. The Morgan fingerprint density at radius 2 is 0.943 bits per heavy atom. The predicted octanol–water partition coefficient (Wildman–Crippen LogP) is 5.50. The van der Waals surface area contributed by atoms with Crippen LogP contribution in [0.1, 0.15) is 35.8 Å². The van der Waals surface area contributed by atoms with Crippen molar-refractivity contribution in [2.24, 2.45) is 0 Å². The molecule has 0 aliphatic carbocycles. The zero-order valence-electron chi connectivity index (χ0n) is 40.6. The topological polar surface area (TPSA) is 144 Å². The maximum Gasteiger partial charge on any atom is 0.419 e. The van der Waals surface area contributed by atoms with Gasteiger partial charge in [-0.2, -0.15) is 0 Å². The van der Waals surface area contributed by atoms with Crippen LogP contribution in [0.3, 0.4) is 0 Å². The van der Waals surface area contributed by atoms with Crippen molar-refractivity contribution >= 4 is 68.3 Å². The highest BCUT2D eigenvalue weighted by molar-refractivity contribution is 6.30. The Bertz CT molecular complexity index is 2650. The molecule has 2 saturated heterocycles. The first-order valence-electron chi connectivity index (χ1n) is 24.6. The lowest BCUT2D eigenvalue weighted by molar-refractivity contribution is -0.178. The van der Waals surface area contributed by atoms with Crippen molar-refractivity contribution in [2.75, 3.05) is 126 Å². The summed E-state index contributed by atoms with van der Waals surface area (Å²) in [5.41, 5.74) is 8.39. The predicted molar refractivity (Wildman–Crippen MR) is 273 cm³/mol. The Hall–Kier alpha value is -7.04. The number of piperazine rings is 2. The lowest BCUT2D eigenvalue weighted by atomic mass is 9.97. The Kier molecular flexibility index (Phi) is 13.4. The number of para-hydroxylation sites is 2. The molecule has 10 rings (SSSR count). The van der Waals surface area contributed by atoms with Crippen LogP contribution in [-0.4, -0.2) is 173 Å². The number of nitrogens with one attached hydrogen (secondary N) is 2. The van der Waals surface area contributed by atoms with E-state index in [1.807, 2.05) is 48.8 Å². The van der Waals surface area contributed by atoms with Crippen LogP contribution >= 0.6 is 0 Å². The number of ether oxygens (including phenoxy) is 2. The second kappa shape index (κ2) is 20.1. The summed E-state index contributed by atoms with van der Waals surface area (Å²) < 4.78 is 11.8. The quantitative estimate of drug-likeness (QED) is 0.105. The summed E-state index contributed by atoms with van der Waals surface area (Å²) in [6.45, 7) is 9.95. The minimum Gasteiger partial charge on any atom is -0.423 e. The van der Waals surface area contributed by atoms with Crippen molar-refractivity contribution in [1.29, 1.82) is 0 Å². The molecule has 16 heteroatoms. The summed E-state index contributed by atoms with van der Waals surface area (Å²) in [6, 6.07) is 33.1. The van der Waals surface area contributed by atoms with E-state index < -0.39 is 36.2 Å². The van der Waals surface area contributed by atoms with Gasteiger partial charge in [-0.15, -0.1) is 0 Å². The number of aromatic nitrogens is 2. The van der Waals surface area contributed by atoms with Crippen LogP contribution in [0.25, 0.3) is 21.8 Å². The highest BCUT2D eigenvalue weighted by Crippen LogP contribution is 2.42. The molecule has 4 atom stereocenters. The molecule has 16 nitrogen and oxygen atoms in total. The molecule has 6 heterocycles. The number of aromatic amines is 2. The molecule has 4 unspecified atom stereocenters. The van der Waals surface area contributed by atoms with E-state index in [4.69, 9.17) is 9.47 Å². The second-order valence-electron chi connectivity index (χ2n) is 19.5. The molecule has 2 amide bonds. The van der Waals surface area contributed by atoms with Gasteiger partial charge >= 0.3 is 11.9 Å². The molecule has 0 radical (unpaired) electrons. The summed E-state index contributed by atoms with van der Waals surface area (Å²) >= 11 is 0. The number of rotatable bonds is 14. The van der Waals surface area contributed by atoms with Crippen LogP contribution in [0.5, 0.6) is 0 Å². The van der Waals surface area contributed by atoms with Crippen molar-refractivity contribution in [2.45, 2.75) is 37.1 Å². The first-order valence-corrected chi connectivity index (χ1v) is 24.6. The average molecular weight is 949 g/mol. The van der Waals surface area contributed by atoms with E-state index in [1.54, 1.807) is 38.0 Å². The van der Waals surface area contributed by atoms with Crippen LogP contribution in [0, 0.1) is 0 Å². The van der Waals surface area contributed by atoms with Gasteiger partial charge in [-0.25, -0.2) is 9.59 Å². The van der Waals surface area contributed by atoms with Crippen LogP contribution in [0.15, 0.2) is 109 Å². The highest BCUT2D eigenvalue weighted by atomic mass is 16.6. The normalized spacial score (nSPS) is 19.3. The maximum atomic E-state index is 14.0. The molecule has 0 bridgehead atoms. The Morgan fingerprint density at radius 1 is 0.543 bits per heavy atom. The van der Waals surface area contributed by atoms with Crippen molar-refractivity contribution in [3.8, 4) is 0 Å². The van der Waals surface area contributed by atoms with Gasteiger partial charge in [0.05, 0.1) is 0 Å². The number of esters is 2. The number of hydrogen-bond donors (Lipinski definition) is 2.